The van der Waals surface area contributed by atoms with Crippen molar-refractivity contribution in [3.05, 3.63) is 16.5 Å². The number of hydrogen-bond donors (Lipinski definition) is 2. The minimum absolute atomic E-state index is 0.107. The molecule has 0 aliphatic carbocycles. The Bertz CT molecular complexity index is 579. The summed E-state index contributed by atoms with van der Waals surface area (Å²) in [5.41, 5.74) is -0.618. The van der Waals surface area contributed by atoms with Crippen LogP contribution in [0.1, 0.15) is 24.4 Å². The molecular formula is C10H15BrN2O5S. The molecule has 0 atom stereocenters. The molecule has 0 aromatic carbocycles. The first-order chi connectivity index (χ1) is 8.57. The molecule has 1 aromatic heterocycles. The summed E-state index contributed by atoms with van der Waals surface area (Å²) in [7, 11) is -2.44. The fraction of sp³-hybridized carbons (Fsp3) is 0.500. The second-order valence-electron chi connectivity index (χ2n) is 4.56. The number of hydrogen-bond acceptors (Lipinski definition) is 5. The van der Waals surface area contributed by atoms with E-state index < -0.39 is 21.5 Å². The number of ether oxygens (including phenoxy) is 1. The van der Waals surface area contributed by atoms with E-state index in [0.29, 0.717) is 6.61 Å². The number of rotatable bonds is 5. The Balaban J connectivity index is 2.97. The maximum Gasteiger partial charge on any atom is 0.287 e. The first-order valence-corrected chi connectivity index (χ1v) is 7.54. The maximum atomic E-state index is 11.9. The lowest BCUT2D eigenvalue weighted by molar-refractivity contribution is 0.0792. The van der Waals surface area contributed by atoms with Gasteiger partial charge in [-0.3, -0.25) is 4.79 Å². The van der Waals surface area contributed by atoms with Gasteiger partial charge in [0, 0.05) is 13.2 Å². The first kappa shape index (κ1) is 16.2. The Labute approximate surface area is 119 Å². The Hall–Kier alpha value is -0.900. The summed E-state index contributed by atoms with van der Waals surface area (Å²) >= 11 is 2.90. The highest BCUT2D eigenvalue weighted by Crippen LogP contribution is 2.25. The van der Waals surface area contributed by atoms with Crippen LogP contribution in [-0.2, 0) is 14.8 Å². The van der Waals surface area contributed by atoms with Crippen molar-refractivity contribution in [3.8, 4) is 0 Å². The average molecular weight is 355 g/mol. The molecule has 19 heavy (non-hydrogen) atoms. The highest BCUT2D eigenvalue weighted by Gasteiger charge is 2.26. The Kier molecular flexibility index (Phi) is 4.77. The van der Waals surface area contributed by atoms with Gasteiger partial charge in [-0.05, 0) is 29.8 Å². The van der Waals surface area contributed by atoms with Crippen LogP contribution in [-0.4, -0.2) is 33.6 Å². The molecule has 1 heterocycles. The van der Waals surface area contributed by atoms with Crippen LogP contribution in [0.5, 0.6) is 0 Å². The zero-order chi connectivity index (χ0) is 14.8. The minimum atomic E-state index is -3.95. The van der Waals surface area contributed by atoms with E-state index in [2.05, 4.69) is 21.2 Å². The summed E-state index contributed by atoms with van der Waals surface area (Å²) in [6.07, 6.45) is 0. The SMILES string of the molecule is COCC(C)(C)NC(=O)c1cc(S(N)(=O)=O)c(Br)o1. The summed E-state index contributed by atoms with van der Waals surface area (Å²) in [6, 6.07) is 1.07. The van der Waals surface area contributed by atoms with Gasteiger partial charge in [0.1, 0.15) is 4.90 Å². The van der Waals surface area contributed by atoms with Crippen LogP contribution in [0, 0.1) is 0 Å². The minimum Gasteiger partial charge on any atom is -0.443 e. The lowest BCUT2D eigenvalue weighted by Crippen LogP contribution is -2.46. The van der Waals surface area contributed by atoms with Crippen molar-refractivity contribution < 1.29 is 22.4 Å². The van der Waals surface area contributed by atoms with Gasteiger partial charge in [0.25, 0.3) is 5.91 Å². The van der Waals surface area contributed by atoms with Crippen LogP contribution >= 0.6 is 15.9 Å². The zero-order valence-corrected chi connectivity index (χ0v) is 13.1. The molecule has 3 N–H and O–H groups in total. The van der Waals surface area contributed by atoms with Crippen LogP contribution in [0.3, 0.4) is 0 Å². The normalized spacial score (nSPS) is 12.5. The van der Waals surface area contributed by atoms with Gasteiger partial charge in [0.2, 0.25) is 10.0 Å². The van der Waals surface area contributed by atoms with Crippen molar-refractivity contribution in [1.29, 1.82) is 0 Å². The van der Waals surface area contributed by atoms with Crippen LogP contribution in [0.2, 0.25) is 0 Å². The van der Waals surface area contributed by atoms with Gasteiger partial charge in [-0.25, -0.2) is 13.6 Å². The predicted octanol–water partition coefficient (Wildman–Crippen LogP) is 0.844. The summed E-state index contributed by atoms with van der Waals surface area (Å²) in [6.45, 7) is 3.81. The predicted molar refractivity (Wildman–Crippen MR) is 71.2 cm³/mol. The Morgan fingerprint density at radius 2 is 2.16 bits per heavy atom. The molecule has 0 fully saturated rings. The quantitative estimate of drug-likeness (QED) is 0.813. The van der Waals surface area contributed by atoms with E-state index >= 15 is 0 Å². The third-order valence-corrected chi connectivity index (χ3v) is 3.91. The molecule has 7 nitrogen and oxygen atoms in total. The Morgan fingerprint density at radius 3 is 2.58 bits per heavy atom. The monoisotopic (exact) mass is 354 g/mol. The van der Waals surface area contributed by atoms with Crippen molar-refractivity contribution in [3.63, 3.8) is 0 Å². The summed E-state index contributed by atoms with van der Waals surface area (Å²) in [5.74, 6) is -0.710. The second-order valence-corrected chi connectivity index (χ2v) is 6.81. The molecule has 0 bridgehead atoms. The van der Waals surface area contributed by atoms with Crippen LogP contribution < -0.4 is 10.5 Å². The molecule has 1 rings (SSSR count). The number of amides is 1. The summed E-state index contributed by atoms with van der Waals surface area (Å²) in [5, 5.41) is 7.63. The zero-order valence-electron chi connectivity index (χ0n) is 10.7. The molecule has 0 unspecified atom stereocenters. The third-order valence-electron chi connectivity index (χ3n) is 2.14. The highest BCUT2D eigenvalue weighted by molar-refractivity contribution is 9.10. The number of carbonyl (C=O) groups is 1. The fourth-order valence-corrected chi connectivity index (χ4v) is 2.93. The number of nitrogens with one attached hydrogen (secondary N) is 1. The van der Waals surface area contributed by atoms with Gasteiger partial charge in [-0.1, -0.05) is 0 Å². The molecule has 0 aliphatic rings. The van der Waals surface area contributed by atoms with Crippen molar-refractivity contribution in [1.82, 2.24) is 5.32 Å². The van der Waals surface area contributed by atoms with Gasteiger partial charge in [-0.2, -0.15) is 0 Å². The van der Waals surface area contributed by atoms with Gasteiger partial charge in [0.15, 0.2) is 10.4 Å². The third kappa shape index (κ3) is 4.30. The number of furan rings is 1. The van der Waals surface area contributed by atoms with Crippen molar-refractivity contribution in [2.75, 3.05) is 13.7 Å². The molecule has 1 amide bonds. The lowest BCUT2D eigenvalue weighted by Gasteiger charge is -2.24. The van der Waals surface area contributed by atoms with E-state index in [4.69, 9.17) is 14.3 Å². The molecule has 0 saturated heterocycles. The number of carbonyl (C=O) groups excluding carboxylic acids is 1. The Morgan fingerprint density at radius 1 is 1.58 bits per heavy atom. The van der Waals surface area contributed by atoms with Gasteiger partial charge in [0.05, 0.1) is 12.1 Å². The van der Waals surface area contributed by atoms with Gasteiger partial charge < -0.3 is 14.5 Å². The van der Waals surface area contributed by atoms with E-state index in [9.17, 15) is 13.2 Å². The van der Waals surface area contributed by atoms with E-state index in [1.54, 1.807) is 13.8 Å². The largest absolute Gasteiger partial charge is 0.443 e. The topological polar surface area (TPSA) is 112 Å². The molecule has 0 spiro atoms. The first-order valence-electron chi connectivity index (χ1n) is 5.20. The molecule has 9 heteroatoms. The van der Waals surface area contributed by atoms with Gasteiger partial charge >= 0.3 is 0 Å². The van der Waals surface area contributed by atoms with Crippen molar-refractivity contribution in [2.24, 2.45) is 5.14 Å². The number of methoxy groups -OCH3 is 1. The molecular weight excluding hydrogens is 340 g/mol. The summed E-state index contributed by atoms with van der Waals surface area (Å²) in [4.78, 5) is 11.6. The standard InChI is InChI=1S/C10H15BrN2O5S/c1-10(2,5-17-3)13-9(14)6-4-7(8(11)18-6)19(12,15)16/h4H,5H2,1-3H3,(H,13,14)(H2,12,15,16). The van der Waals surface area contributed by atoms with Crippen LogP contribution in [0.15, 0.2) is 20.0 Å². The molecule has 0 aliphatic heterocycles. The fourth-order valence-electron chi connectivity index (χ4n) is 1.42. The van der Waals surface area contributed by atoms with Crippen LogP contribution in [0.4, 0.5) is 0 Å². The van der Waals surface area contributed by atoms with E-state index in [1.807, 2.05) is 0 Å². The smallest absolute Gasteiger partial charge is 0.287 e. The van der Waals surface area contributed by atoms with E-state index in [1.165, 1.54) is 7.11 Å². The molecule has 108 valence electrons. The number of sulfonamides is 1. The van der Waals surface area contributed by atoms with E-state index in [-0.39, 0.29) is 15.3 Å². The number of halogens is 1. The van der Waals surface area contributed by atoms with Crippen molar-refractivity contribution in [2.45, 2.75) is 24.3 Å². The molecule has 0 saturated carbocycles. The number of primary sulfonamides is 1. The molecule has 1 aromatic rings. The van der Waals surface area contributed by atoms with Crippen LogP contribution in [0.25, 0.3) is 0 Å². The van der Waals surface area contributed by atoms with Gasteiger partial charge in [-0.15, -0.1) is 0 Å². The lowest BCUT2D eigenvalue weighted by atomic mass is 10.1. The molecule has 0 radical (unpaired) electrons. The second kappa shape index (κ2) is 5.61. The van der Waals surface area contributed by atoms with E-state index in [0.717, 1.165) is 6.07 Å². The number of nitrogens with two attached hydrogens (primary N) is 1. The maximum absolute atomic E-state index is 11.9. The highest BCUT2D eigenvalue weighted by atomic mass is 79.9. The average Bonchev–Trinajstić information content (AvgIpc) is 2.58. The summed E-state index contributed by atoms with van der Waals surface area (Å²) < 4.78 is 32.3. The van der Waals surface area contributed by atoms with Crippen molar-refractivity contribution >= 4 is 31.9 Å².